The molecule has 0 aliphatic carbocycles. The van der Waals surface area contributed by atoms with Crippen LogP contribution in [0.1, 0.15) is 0 Å². The van der Waals surface area contributed by atoms with Gasteiger partial charge in [-0.15, -0.1) is 0 Å². The molecule has 0 atom stereocenters. The van der Waals surface area contributed by atoms with E-state index in [2.05, 4.69) is 11.3 Å². The topological polar surface area (TPSA) is 17.8 Å². The van der Waals surface area contributed by atoms with Crippen LogP contribution in [0.2, 0.25) is 0 Å². The molecule has 0 aliphatic heterocycles. The maximum atomic E-state index is 4.23. The fourth-order valence-electron chi connectivity index (χ4n) is 1.68. The molecule has 1 radical (unpaired) electrons. The zero-order valence-corrected chi connectivity index (χ0v) is 12.5. The molecular weight excluding hydrogens is 285 g/mol. The summed E-state index contributed by atoms with van der Waals surface area (Å²) >= 11 is 0. The van der Waals surface area contributed by atoms with Crippen molar-refractivity contribution in [3.63, 3.8) is 0 Å². The maximum absolute atomic E-state index is 4.23. The Kier molecular flexibility index (Phi) is 5.04. The molecular formula is C14H12N2Y-2. The molecule has 0 saturated heterocycles. The fourth-order valence-corrected chi connectivity index (χ4v) is 1.68. The Labute approximate surface area is 127 Å². The first-order valence-corrected chi connectivity index (χ1v) is 4.86. The molecule has 1 heterocycles. The molecule has 0 unspecified atom stereocenters. The fraction of sp³-hybridized carbons (Fsp3) is 0. The maximum Gasteiger partial charge on any atom is 0.0418 e. The van der Waals surface area contributed by atoms with Gasteiger partial charge in [0.1, 0.15) is 0 Å². The predicted molar refractivity (Wildman–Crippen MR) is 66.3 cm³/mol. The molecule has 1 aromatic heterocycles. The van der Waals surface area contributed by atoms with E-state index < -0.39 is 0 Å². The van der Waals surface area contributed by atoms with Crippen LogP contribution in [0.5, 0.6) is 0 Å². The SMILES string of the molecule is [CH3-].[Y].[c-]1nc2ccccc2n1-c1ccccc1. The summed E-state index contributed by atoms with van der Waals surface area (Å²) in [5.41, 5.74) is 3.15. The van der Waals surface area contributed by atoms with Gasteiger partial charge in [0.05, 0.1) is 0 Å². The van der Waals surface area contributed by atoms with Gasteiger partial charge in [0.25, 0.3) is 0 Å². The summed E-state index contributed by atoms with van der Waals surface area (Å²) in [7, 11) is 0. The van der Waals surface area contributed by atoms with E-state index in [-0.39, 0.29) is 40.1 Å². The van der Waals surface area contributed by atoms with Crippen LogP contribution < -0.4 is 0 Å². The van der Waals surface area contributed by atoms with E-state index in [4.69, 9.17) is 0 Å². The minimum absolute atomic E-state index is 0. The second kappa shape index (κ2) is 6.08. The van der Waals surface area contributed by atoms with Crippen molar-refractivity contribution in [1.29, 1.82) is 0 Å². The van der Waals surface area contributed by atoms with Crippen molar-refractivity contribution in [3.05, 3.63) is 68.4 Å². The third-order valence-electron chi connectivity index (χ3n) is 2.41. The Morgan fingerprint density at radius 2 is 1.53 bits per heavy atom. The molecule has 0 saturated carbocycles. The molecule has 0 amide bonds. The molecule has 2 nitrogen and oxygen atoms in total. The number of hydrogen-bond acceptors (Lipinski definition) is 1. The average molecular weight is 297 g/mol. The van der Waals surface area contributed by atoms with Gasteiger partial charge in [0.15, 0.2) is 0 Å². The van der Waals surface area contributed by atoms with E-state index in [1.54, 1.807) is 0 Å². The number of imidazole rings is 1. The van der Waals surface area contributed by atoms with Crippen LogP contribution in [0, 0.1) is 13.8 Å². The van der Waals surface area contributed by atoms with Crippen LogP contribution in [0.25, 0.3) is 16.7 Å². The summed E-state index contributed by atoms with van der Waals surface area (Å²) in [6, 6.07) is 18.2. The van der Waals surface area contributed by atoms with Gasteiger partial charge >= 0.3 is 0 Å². The van der Waals surface area contributed by atoms with E-state index in [0.717, 1.165) is 16.7 Å². The standard InChI is InChI=1S/C13H9N2.CH3.Y/c1-2-6-11(7-3-1)15-10-14-12-8-4-5-9-13(12)15;;/h1-9H;1H3;/q2*-1;. The quantitative estimate of drug-likeness (QED) is 0.630. The van der Waals surface area contributed by atoms with E-state index in [9.17, 15) is 0 Å². The Morgan fingerprint density at radius 1 is 0.882 bits per heavy atom. The monoisotopic (exact) mass is 297 g/mol. The minimum atomic E-state index is 0. The summed E-state index contributed by atoms with van der Waals surface area (Å²) in [4.78, 5) is 4.23. The molecule has 0 spiro atoms. The van der Waals surface area contributed by atoms with Gasteiger partial charge in [-0.05, 0) is 11.2 Å². The second-order valence-corrected chi connectivity index (χ2v) is 3.37. The van der Waals surface area contributed by atoms with Gasteiger partial charge < -0.3 is 17.0 Å². The Bertz CT molecular complexity index is 587. The van der Waals surface area contributed by atoms with Crippen molar-refractivity contribution < 1.29 is 32.7 Å². The van der Waals surface area contributed by atoms with Crippen LogP contribution in [0.4, 0.5) is 0 Å². The van der Waals surface area contributed by atoms with Gasteiger partial charge in [0.2, 0.25) is 0 Å². The van der Waals surface area contributed by atoms with Crippen molar-refractivity contribution >= 4 is 11.0 Å². The smallest absolute Gasteiger partial charge is 0.0418 e. The largest absolute Gasteiger partial charge is 0.426 e. The summed E-state index contributed by atoms with van der Waals surface area (Å²) in [5, 5.41) is 0. The number of rotatable bonds is 1. The summed E-state index contributed by atoms with van der Waals surface area (Å²) in [6.45, 7) is 0. The zero-order chi connectivity index (χ0) is 10.1. The number of aromatic nitrogens is 2. The molecule has 3 rings (SSSR count). The van der Waals surface area contributed by atoms with Crippen LogP contribution in [0.15, 0.2) is 54.6 Å². The van der Waals surface area contributed by atoms with Crippen molar-refractivity contribution in [2.24, 2.45) is 0 Å². The van der Waals surface area contributed by atoms with Crippen LogP contribution in [0.3, 0.4) is 0 Å². The van der Waals surface area contributed by atoms with E-state index in [1.807, 2.05) is 59.2 Å². The van der Waals surface area contributed by atoms with Crippen LogP contribution in [-0.2, 0) is 32.7 Å². The van der Waals surface area contributed by atoms with Gasteiger partial charge in [-0.1, -0.05) is 60.1 Å². The first-order chi connectivity index (χ1) is 7.45. The molecule has 0 bridgehead atoms. The number of nitrogens with zero attached hydrogens (tertiary/aromatic N) is 2. The Balaban J connectivity index is 0.000000722. The minimum Gasteiger partial charge on any atom is -0.426 e. The van der Waals surface area contributed by atoms with Gasteiger partial charge in [-0.2, -0.15) is 0 Å². The Hall–Kier alpha value is -0.986. The molecule has 2 aromatic carbocycles. The normalized spacial score (nSPS) is 9.41. The number of para-hydroxylation sites is 3. The molecule has 3 heteroatoms. The summed E-state index contributed by atoms with van der Waals surface area (Å²) in [5.74, 6) is 0. The van der Waals surface area contributed by atoms with E-state index in [1.165, 1.54) is 0 Å². The van der Waals surface area contributed by atoms with E-state index >= 15 is 0 Å². The molecule has 3 aromatic rings. The van der Waals surface area contributed by atoms with Crippen molar-refractivity contribution in [2.75, 3.05) is 0 Å². The molecule has 0 N–H and O–H groups in total. The Morgan fingerprint density at radius 3 is 2.29 bits per heavy atom. The molecule has 0 fully saturated rings. The molecule has 17 heavy (non-hydrogen) atoms. The summed E-state index contributed by atoms with van der Waals surface area (Å²) in [6.07, 6.45) is 3.00. The van der Waals surface area contributed by atoms with Crippen LogP contribution >= 0.6 is 0 Å². The summed E-state index contributed by atoms with van der Waals surface area (Å²) < 4.78 is 1.97. The number of benzene rings is 2. The molecule has 0 aliphatic rings. The van der Waals surface area contributed by atoms with Gasteiger partial charge in [-0.3, -0.25) is 0 Å². The average Bonchev–Trinajstić information content (AvgIpc) is 2.74. The van der Waals surface area contributed by atoms with Crippen molar-refractivity contribution in [2.45, 2.75) is 0 Å². The first kappa shape index (κ1) is 14.1. The predicted octanol–water partition coefficient (Wildman–Crippen LogP) is 3.27. The van der Waals surface area contributed by atoms with Gasteiger partial charge in [-0.25, -0.2) is 0 Å². The van der Waals surface area contributed by atoms with Crippen molar-refractivity contribution in [1.82, 2.24) is 9.55 Å². The van der Waals surface area contributed by atoms with Crippen LogP contribution in [-0.4, -0.2) is 9.55 Å². The number of fused-ring (bicyclic) bond motifs is 1. The van der Waals surface area contributed by atoms with Gasteiger partial charge in [0, 0.05) is 39.0 Å². The van der Waals surface area contributed by atoms with E-state index in [0.29, 0.717) is 0 Å². The second-order valence-electron chi connectivity index (χ2n) is 3.37. The number of hydrogen-bond donors (Lipinski definition) is 0. The molecule has 83 valence electrons. The zero-order valence-electron chi connectivity index (χ0n) is 9.67. The van der Waals surface area contributed by atoms with Crippen molar-refractivity contribution in [3.8, 4) is 5.69 Å². The first-order valence-electron chi connectivity index (χ1n) is 4.86. The third-order valence-corrected chi connectivity index (χ3v) is 2.41. The third kappa shape index (κ3) is 2.64.